The molecule has 0 bridgehead atoms. The average molecular weight is 375 g/mol. The molecule has 24 heavy (non-hydrogen) atoms. The molecule has 2 rings (SSSR count). The third kappa shape index (κ3) is 5.10. The average Bonchev–Trinajstić information content (AvgIpc) is 2.59. The molecule has 134 valence electrons. The second-order valence-electron chi connectivity index (χ2n) is 5.19. The van der Waals surface area contributed by atoms with E-state index >= 15 is 0 Å². The van der Waals surface area contributed by atoms with Gasteiger partial charge in [0.1, 0.15) is 5.75 Å². The van der Waals surface area contributed by atoms with Gasteiger partial charge >= 0.3 is 5.97 Å². The van der Waals surface area contributed by atoms with E-state index in [1.54, 1.807) is 19.1 Å². The molecular weight excluding hydrogens is 354 g/mol. The molecule has 1 saturated heterocycles. The van der Waals surface area contributed by atoms with E-state index < -0.39 is 21.2 Å². The van der Waals surface area contributed by atoms with Crippen molar-refractivity contribution < 1.29 is 27.8 Å². The zero-order valence-electron chi connectivity index (χ0n) is 13.4. The number of thioether (sulfide) groups is 1. The molecule has 1 aliphatic heterocycles. The number of sulfonamides is 1. The van der Waals surface area contributed by atoms with Crippen LogP contribution in [0.3, 0.4) is 0 Å². The van der Waals surface area contributed by atoms with Gasteiger partial charge in [-0.1, -0.05) is 0 Å². The fourth-order valence-electron chi connectivity index (χ4n) is 2.10. The van der Waals surface area contributed by atoms with Gasteiger partial charge in [-0.15, -0.1) is 11.8 Å². The first-order valence-electron chi connectivity index (χ1n) is 7.56. The van der Waals surface area contributed by atoms with Crippen LogP contribution in [0.25, 0.3) is 0 Å². The molecule has 0 amide bonds. The summed E-state index contributed by atoms with van der Waals surface area (Å²) in [5.74, 6) is 0.249. The standard InChI is InChI=1S/C15H21NO6S2/c1-12(15(17)18)23-11-10-22-13-2-4-14(5-3-13)24(19,20)16-6-8-21-9-7-16/h2-5,12H,6-11H2,1H3,(H,17,18). The van der Waals surface area contributed by atoms with E-state index in [1.807, 2.05) is 0 Å². The highest BCUT2D eigenvalue weighted by molar-refractivity contribution is 8.00. The molecule has 1 aromatic carbocycles. The van der Waals surface area contributed by atoms with Crippen molar-refractivity contribution in [2.24, 2.45) is 0 Å². The van der Waals surface area contributed by atoms with Crippen LogP contribution in [-0.4, -0.2) is 67.7 Å². The van der Waals surface area contributed by atoms with E-state index in [-0.39, 0.29) is 4.90 Å². The van der Waals surface area contributed by atoms with E-state index in [9.17, 15) is 13.2 Å². The molecule has 0 saturated carbocycles. The monoisotopic (exact) mass is 375 g/mol. The quantitative estimate of drug-likeness (QED) is 0.684. The van der Waals surface area contributed by atoms with Gasteiger partial charge in [0, 0.05) is 18.8 Å². The summed E-state index contributed by atoms with van der Waals surface area (Å²) in [6.07, 6.45) is 0. The van der Waals surface area contributed by atoms with Crippen molar-refractivity contribution in [2.45, 2.75) is 17.1 Å². The molecule has 0 aromatic heterocycles. The smallest absolute Gasteiger partial charge is 0.316 e. The Kier molecular flexibility index (Phi) is 6.90. The first-order valence-corrected chi connectivity index (χ1v) is 10.1. The molecule has 9 heteroatoms. The number of rotatable bonds is 8. The van der Waals surface area contributed by atoms with Crippen molar-refractivity contribution in [3.8, 4) is 5.75 Å². The first-order chi connectivity index (χ1) is 11.4. The number of nitrogens with zero attached hydrogens (tertiary/aromatic N) is 1. The Morgan fingerprint density at radius 3 is 2.54 bits per heavy atom. The van der Waals surface area contributed by atoms with Crippen LogP contribution in [0.5, 0.6) is 5.75 Å². The van der Waals surface area contributed by atoms with E-state index in [0.29, 0.717) is 44.4 Å². The maximum absolute atomic E-state index is 12.5. The number of hydrogen-bond acceptors (Lipinski definition) is 6. The topological polar surface area (TPSA) is 93.1 Å². The van der Waals surface area contributed by atoms with E-state index in [2.05, 4.69) is 0 Å². The van der Waals surface area contributed by atoms with Gasteiger partial charge in [-0.25, -0.2) is 8.42 Å². The Morgan fingerprint density at radius 2 is 1.96 bits per heavy atom. The Hall–Kier alpha value is -1.29. The third-order valence-corrected chi connectivity index (χ3v) is 6.52. The number of benzene rings is 1. The minimum Gasteiger partial charge on any atom is -0.493 e. The number of carbonyl (C=O) groups is 1. The molecule has 1 atom stereocenters. The van der Waals surface area contributed by atoms with Crippen molar-refractivity contribution in [2.75, 3.05) is 38.7 Å². The molecule has 0 radical (unpaired) electrons. The van der Waals surface area contributed by atoms with Crippen LogP contribution >= 0.6 is 11.8 Å². The Bertz CT molecular complexity index is 640. The molecule has 1 aliphatic rings. The zero-order chi connectivity index (χ0) is 17.6. The van der Waals surface area contributed by atoms with Crippen LogP contribution in [0.1, 0.15) is 6.92 Å². The van der Waals surface area contributed by atoms with E-state index in [1.165, 1.54) is 28.2 Å². The lowest BCUT2D eigenvalue weighted by atomic mass is 10.3. The number of morpholine rings is 1. The fourth-order valence-corrected chi connectivity index (χ4v) is 4.18. The van der Waals surface area contributed by atoms with Gasteiger partial charge < -0.3 is 14.6 Å². The van der Waals surface area contributed by atoms with Gasteiger partial charge in [-0.05, 0) is 31.2 Å². The molecule has 0 aliphatic carbocycles. The summed E-state index contributed by atoms with van der Waals surface area (Å²) in [5.41, 5.74) is 0. The predicted molar refractivity (Wildman–Crippen MR) is 91.1 cm³/mol. The fraction of sp³-hybridized carbons (Fsp3) is 0.533. The first kappa shape index (κ1) is 19.0. The summed E-state index contributed by atoms with van der Waals surface area (Å²) in [5, 5.41) is 8.31. The number of hydrogen-bond donors (Lipinski definition) is 1. The van der Waals surface area contributed by atoms with Crippen LogP contribution in [0.4, 0.5) is 0 Å². The molecule has 1 heterocycles. The summed E-state index contributed by atoms with van der Waals surface area (Å²) in [7, 11) is -3.50. The SMILES string of the molecule is CC(SCCOc1ccc(S(=O)(=O)N2CCOCC2)cc1)C(=O)O. The maximum atomic E-state index is 12.5. The summed E-state index contributed by atoms with van der Waals surface area (Å²) in [6.45, 7) is 3.52. The molecule has 1 fully saturated rings. The second kappa shape index (κ2) is 8.70. The predicted octanol–water partition coefficient (Wildman–Crippen LogP) is 1.29. The minimum absolute atomic E-state index is 0.227. The van der Waals surface area contributed by atoms with Gasteiger partial charge in [-0.3, -0.25) is 4.79 Å². The third-order valence-electron chi connectivity index (χ3n) is 3.50. The largest absolute Gasteiger partial charge is 0.493 e. The molecule has 1 unspecified atom stereocenters. The number of ether oxygens (including phenoxy) is 2. The Morgan fingerprint density at radius 1 is 1.33 bits per heavy atom. The minimum atomic E-state index is -3.50. The van der Waals surface area contributed by atoms with Crippen molar-refractivity contribution in [3.05, 3.63) is 24.3 Å². The molecule has 0 spiro atoms. The van der Waals surface area contributed by atoms with Crippen molar-refractivity contribution >= 4 is 27.8 Å². The van der Waals surface area contributed by atoms with Gasteiger partial charge in [0.25, 0.3) is 0 Å². The van der Waals surface area contributed by atoms with Gasteiger partial charge in [0.2, 0.25) is 10.0 Å². The molecular formula is C15H21NO6S2. The zero-order valence-corrected chi connectivity index (χ0v) is 15.0. The van der Waals surface area contributed by atoms with Crippen LogP contribution in [0, 0.1) is 0 Å². The highest BCUT2D eigenvalue weighted by atomic mass is 32.2. The van der Waals surface area contributed by atoms with Crippen molar-refractivity contribution in [3.63, 3.8) is 0 Å². The van der Waals surface area contributed by atoms with Crippen LogP contribution in [0.2, 0.25) is 0 Å². The molecule has 7 nitrogen and oxygen atoms in total. The van der Waals surface area contributed by atoms with Crippen LogP contribution in [0.15, 0.2) is 29.2 Å². The second-order valence-corrected chi connectivity index (χ2v) is 8.57. The lowest BCUT2D eigenvalue weighted by Crippen LogP contribution is -2.40. The van der Waals surface area contributed by atoms with Gasteiger partial charge in [0.05, 0.1) is 30.0 Å². The number of aliphatic carboxylic acids is 1. The van der Waals surface area contributed by atoms with Crippen LogP contribution in [-0.2, 0) is 19.6 Å². The van der Waals surface area contributed by atoms with E-state index in [0.717, 1.165) is 0 Å². The van der Waals surface area contributed by atoms with E-state index in [4.69, 9.17) is 14.6 Å². The van der Waals surface area contributed by atoms with Crippen LogP contribution < -0.4 is 4.74 Å². The summed E-state index contributed by atoms with van der Waals surface area (Å²) in [4.78, 5) is 10.9. The van der Waals surface area contributed by atoms with Crippen molar-refractivity contribution in [1.82, 2.24) is 4.31 Å². The summed E-state index contributed by atoms with van der Waals surface area (Å²) < 4.78 is 37.0. The normalized spacial score (nSPS) is 17.4. The van der Waals surface area contributed by atoms with Gasteiger partial charge in [0.15, 0.2) is 0 Å². The number of carboxylic acid groups (broad SMARTS) is 1. The highest BCUT2D eigenvalue weighted by Crippen LogP contribution is 2.21. The Balaban J connectivity index is 1.87. The molecule has 1 N–H and O–H groups in total. The maximum Gasteiger partial charge on any atom is 0.316 e. The molecule has 1 aromatic rings. The highest BCUT2D eigenvalue weighted by Gasteiger charge is 2.26. The van der Waals surface area contributed by atoms with Gasteiger partial charge in [-0.2, -0.15) is 4.31 Å². The number of carboxylic acids is 1. The summed E-state index contributed by atoms with van der Waals surface area (Å²) in [6, 6.07) is 6.26. The summed E-state index contributed by atoms with van der Waals surface area (Å²) >= 11 is 1.29. The lowest BCUT2D eigenvalue weighted by molar-refractivity contribution is -0.136. The lowest BCUT2D eigenvalue weighted by Gasteiger charge is -2.26. The Labute approximate surface area is 146 Å². The van der Waals surface area contributed by atoms with Crippen molar-refractivity contribution in [1.29, 1.82) is 0 Å².